The molecule has 2 aliphatic rings. The third-order valence-corrected chi connectivity index (χ3v) is 6.50. The van der Waals surface area contributed by atoms with Gasteiger partial charge >= 0.3 is 0 Å². The van der Waals surface area contributed by atoms with Crippen molar-refractivity contribution in [2.75, 3.05) is 6.54 Å². The maximum atomic E-state index is 14.6. The fraction of sp³-hybridized carbons (Fsp3) is 0.455. The van der Waals surface area contributed by atoms with E-state index in [1.807, 2.05) is 13.0 Å². The number of aromatic nitrogens is 3. The molecule has 1 fully saturated rings. The third kappa shape index (κ3) is 3.95. The first-order valence-corrected chi connectivity index (χ1v) is 10.5. The van der Waals surface area contributed by atoms with E-state index in [4.69, 9.17) is 4.74 Å². The van der Waals surface area contributed by atoms with Crippen molar-refractivity contribution in [2.45, 2.75) is 57.1 Å². The van der Waals surface area contributed by atoms with Crippen LogP contribution in [0.15, 0.2) is 24.7 Å². The number of fused-ring (bicyclic) bond motifs is 2. The van der Waals surface area contributed by atoms with Gasteiger partial charge in [0.1, 0.15) is 41.9 Å². The van der Waals surface area contributed by atoms with Gasteiger partial charge in [0.05, 0.1) is 17.3 Å². The average Bonchev–Trinajstić information content (AvgIpc) is 3.33. The van der Waals surface area contributed by atoms with Gasteiger partial charge in [-0.3, -0.25) is 0 Å². The smallest absolute Gasteiger partial charge is 0.266 e. The van der Waals surface area contributed by atoms with E-state index < -0.39 is 42.2 Å². The Morgan fingerprint density at radius 1 is 1.21 bits per heavy atom. The highest BCUT2D eigenvalue weighted by atomic mass is 35.5. The summed E-state index contributed by atoms with van der Waals surface area (Å²) in [6.07, 6.45) is -2.57. The number of ether oxygens (including phenoxy) is 1. The standard InChI is InChI=1S/C22H23F3N4O3.ClH/c1-10-11-3-5-29(22(11)28-9-27-10)15-7-17(20(31)19(15)30)32-16-6-13(21(24)25)18(23)12-2-4-26-8-14(12)16;/h3,5-6,9,15,17,19-21,26,30-31H,2,4,7-8H2,1H3;1H/t15-,17+,19+,20-;/m1./s1. The molecule has 1 aliphatic carbocycles. The highest BCUT2D eigenvalue weighted by molar-refractivity contribution is 5.85. The largest absolute Gasteiger partial charge is 0.487 e. The number of aryl methyl sites for hydroxylation is 1. The Kier molecular flexibility index (Phi) is 6.54. The molecule has 0 unspecified atom stereocenters. The highest BCUT2D eigenvalue weighted by Crippen LogP contribution is 2.39. The van der Waals surface area contributed by atoms with E-state index in [0.29, 0.717) is 17.8 Å². The number of alkyl halides is 2. The summed E-state index contributed by atoms with van der Waals surface area (Å²) in [6, 6.07) is 2.32. The molecule has 0 radical (unpaired) electrons. The molecule has 2 aromatic heterocycles. The molecule has 7 nitrogen and oxygen atoms in total. The van der Waals surface area contributed by atoms with Gasteiger partial charge in [-0.05, 0) is 37.6 Å². The lowest BCUT2D eigenvalue weighted by molar-refractivity contribution is -0.0167. The molecule has 1 aliphatic heterocycles. The molecule has 0 amide bonds. The van der Waals surface area contributed by atoms with Crippen LogP contribution in [0, 0.1) is 12.7 Å². The Morgan fingerprint density at radius 3 is 2.76 bits per heavy atom. The van der Waals surface area contributed by atoms with Gasteiger partial charge in [-0.15, -0.1) is 12.4 Å². The second-order valence-electron chi connectivity index (χ2n) is 8.32. The van der Waals surface area contributed by atoms with Crippen LogP contribution in [0.4, 0.5) is 13.2 Å². The zero-order valence-electron chi connectivity index (χ0n) is 17.7. The minimum absolute atomic E-state index is 0. The molecule has 5 rings (SSSR count). The lowest BCUT2D eigenvalue weighted by atomic mass is 9.96. The summed E-state index contributed by atoms with van der Waals surface area (Å²) in [4.78, 5) is 8.46. The fourth-order valence-electron chi connectivity index (χ4n) is 4.78. The molecule has 11 heteroatoms. The van der Waals surface area contributed by atoms with E-state index in [1.54, 1.807) is 10.8 Å². The van der Waals surface area contributed by atoms with E-state index >= 15 is 0 Å². The molecule has 1 aromatic carbocycles. The normalized spacial score (nSPS) is 24.7. The summed E-state index contributed by atoms with van der Waals surface area (Å²) in [6.45, 7) is 2.61. The highest BCUT2D eigenvalue weighted by Gasteiger charge is 2.45. The van der Waals surface area contributed by atoms with Crippen LogP contribution in [0.2, 0.25) is 0 Å². The van der Waals surface area contributed by atoms with Crippen LogP contribution >= 0.6 is 12.4 Å². The van der Waals surface area contributed by atoms with Crippen LogP contribution in [0.1, 0.15) is 41.3 Å². The SMILES string of the molecule is Cc1ncnc2c1ccn2[C@@H]1C[C@H](Oc2cc(C(F)F)c(F)c3c2CNCC3)[C@@H](O)[C@H]1O.Cl. The second kappa shape index (κ2) is 9.09. The van der Waals surface area contributed by atoms with E-state index in [9.17, 15) is 23.4 Å². The van der Waals surface area contributed by atoms with Crippen molar-refractivity contribution in [1.82, 2.24) is 19.9 Å². The Balaban J connectivity index is 0.00000259. The molecule has 33 heavy (non-hydrogen) atoms. The molecule has 3 heterocycles. The molecule has 3 N–H and O–H groups in total. The number of nitrogens with zero attached hydrogens (tertiary/aromatic N) is 3. The van der Waals surface area contributed by atoms with Gasteiger partial charge in [0.25, 0.3) is 6.43 Å². The second-order valence-corrected chi connectivity index (χ2v) is 8.32. The van der Waals surface area contributed by atoms with Crippen LogP contribution in [0.3, 0.4) is 0 Å². The van der Waals surface area contributed by atoms with Gasteiger partial charge in [0.2, 0.25) is 0 Å². The number of hydrogen-bond acceptors (Lipinski definition) is 6. The van der Waals surface area contributed by atoms with Gasteiger partial charge < -0.3 is 24.8 Å². The molecule has 3 aromatic rings. The monoisotopic (exact) mass is 484 g/mol. The number of halogens is 4. The number of aliphatic hydroxyl groups is 2. The third-order valence-electron chi connectivity index (χ3n) is 6.50. The zero-order chi connectivity index (χ0) is 22.6. The number of rotatable bonds is 4. The van der Waals surface area contributed by atoms with Gasteiger partial charge in [-0.25, -0.2) is 23.1 Å². The van der Waals surface area contributed by atoms with Crippen LogP contribution in [-0.2, 0) is 13.0 Å². The lowest BCUT2D eigenvalue weighted by Crippen LogP contribution is -2.35. The van der Waals surface area contributed by atoms with Gasteiger partial charge in [-0.1, -0.05) is 0 Å². The van der Waals surface area contributed by atoms with Crippen molar-refractivity contribution in [2.24, 2.45) is 0 Å². The summed E-state index contributed by atoms with van der Waals surface area (Å²) in [5.74, 6) is -0.793. The number of nitrogens with one attached hydrogen (secondary N) is 1. The minimum Gasteiger partial charge on any atom is -0.487 e. The Labute approximate surface area is 194 Å². The number of aliphatic hydroxyl groups excluding tert-OH is 2. The van der Waals surface area contributed by atoms with Crippen LogP contribution in [0.5, 0.6) is 5.75 Å². The molecule has 178 valence electrons. The van der Waals surface area contributed by atoms with Gasteiger partial charge in [-0.2, -0.15) is 0 Å². The van der Waals surface area contributed by atoms with Crippen molar-refractivity contribution in [1.29, 1.82) is 0 Å². The quantitative estimate of drug-likeness (QED) is 0.527. The molecule has 0 bridgehead atoms. The van der Waals surface area contributed by atoms with Crippen molar-refractivity contribution in [3.05, 3.63) is 52.9 Å². The van der Waals surface area contributed by atoms with Crippen molar-refractivity contribution in [3.63, 3.8) is 0 Å². The van der Waals surface area contributed by atoms with E-state index in [1.165, 1.54) is 6.33 Å². The van der Waals surface area contributed by atoms with Gasteiger partial charge in [0.15, 0.2) is 0 Å². The number of benzene rings is 1. The fourth-order valence-corrected chi connectivity index (χ4v) is 4.78. The first-order valence-electron chi connectivity index (χ1n) is 10.5. The summed E-state index contributed by atoms with van der Waals surface area (Å²) in [7, 11) is 0. The summed E-state index contributed by atoms with van der Waals surface area (Å²) in [5.41, 5.74) is 1.38. The van der Waals surface area contributed by atoms with Gasteiger partial charge in [0, 0.05) is 30.1 Å². The predicted molar refractivity (Wildman–Crippen MR) is 116 cm³/mol. The molecular formula is C22H24ClF3N4O3. The Bertz CT molecular complexity index is 1180. The van der Waals surface area contributed by atoms with E-state index in [2.05, 4.69) is 15.3 Å². The molecule has 0 spiro atoms. The minimum atomic E-state index is -2.99. The maximum Gasteiger partial charge on any atom is 0.266 e. The first kappa shape index (κ1) is 23.7. The maximum absolute atomic E-state index is 14.6. The summed E-state index contributed by atoms with van der Waals surface area (Å²) >= 11 is 0. The van der Waals surface area contributed by atoms with Crippen molar-refractivity contribution in [3.8, 4) is 5.75 Å². The molecule has 4 atom stereocenters. The van der Waals surface area contributed by atoms with Crippen molar-refractivity contribution < 1.29 is 28.1 Å². The zero-order valence-corrected chi connectivity index (χ0v) is 18.5. The average molecular weight is 485 g/mol. The number of hydrogen-bond donors (Lipinski definition) is 3. The molecule has 0 saturated heterocycles. The Hall–Kier alpha value is -2.40. The topological polar surface area (TPSA) is 92.4 Å². The predicted octanol–water partition coefficient (Wildman–Crippen LogP) is 3.00. The van der Waals surface area contributed by atoms with E-state index in [0.717, 1.165) is 17.1 Å². The molecular weight excluding hydrogens is 461 g/mol. The molecule has 1 saturated carbocycles. The van der Waals surface area contributed by atoms with Crippen LogP contribution < -0.4 is 10.1 Å². The van der Waals surface area contributed by atoms with Crippen LogP contribution in [0.25, 0.3) is 11.0 Å². The van der Waals surface area contributed by atoms with E-state index in [-0.39, 0.29) is 43.1 Å². The Morgan fingerprint density at radius 2 is 2.00 bits per heavy atom. The summed E-state index contributed by atoms with van der Waals surface area (Å²) in [5, 5.41) is 25.4. The van der Waals surface area contributed by atoms with Crippen LogP contribution in [-0.4, -0.2) is 49.6 Å². The van der Waals surface area contributed by atoms with Crippen molar-refractivity contribution >= 4 is 23.4 Å². The first-order chi connectivity index (χ1) is 15.4. The summed E-state index contributed by atoms with van der Waals surface area (Å²) < 4.78 is 49.2. The lowest BCUT2D eigenvalue weighted by Gasteiger charge is -2.26.